The second kappa shape index (κ2) is 18.1. The third-order valence-electron chi connectivity index (χ3n) is 4.73. The van der Waals surface area contributed by atoms with Crippen LogP contribution in [0.25, 0.3) is 0 Å². The van der Waals surface area contributed by atoms with Gasteiger partial charge in [0.2, 0.25) is 0 Å². The molecule has 29 heavy (non-hydrogen) atoms. The minimum Gasteiger partial charge on any atom is -0.508 e. The Balaban J connectivity index is 0.000000466. The van der Waals surface area contributed by atoms with Crippen LogP contribution in [0.3, 0.4) is 0 Å². The van der Waals surface area contributed by atoms with Crippen molar-refractivity contribution in [2.45, 2.75) is 86.0 Å². The van der Waals surface area contributed by atoms with Gasteiger partial charge in [0.05, 0.1) is 7.11 Å². The molecule has 0 spiro atoms. The standard InChI is InChI=1S/C13H20O.C10H14O.C4H10/c1-4-6-11(2)9-12-7-5-8-13(10-12)14-3;1-2-3-5-9-6-4-7-10(11)8-9;1-3-4-2/h5,7-8,10-11H,4,6,9H2,1-3H3;4,6-8,11H,2-3,5H2,1H3;3-4H2,1-2H3. The van der Waals surface area contributed by atoms with E-state index in [1.54, 1.807) is 13.2 Å². The molecule has 1 N–H and O–H groups in total. The smallest absolute Gasteiger partial charge is 0.119 e. The molecule has 164 valence electrons. The first-order chi connectivity index (χ1) is 14.0. The second-order valence-corrected chi connectivity index (χ2v) is 7.72. The largest absolute Gasteiger partial charge is 0.508 e. The molecule has 0 saturated heterocycles. The number of phenols is 1. The first kappa shape index (κ1) is 27.0. The van der Waals surface area contributed by atoms with Gasteiger partial charge in [-0.3, -0.25) is 0 Å². The molecule has 0 fully saturated rings. The Labute approximate surface area is 180 Å². The van der Waals surface area contributed by atoms with Crippen LogP contribution in [-0.2, 0) is 12.8 Å². The summed E-state index contributed by atoms with van der Waals surface area (Å²) in [6, 6.07) is 15.8. The fraction of sp³-hybridized carbons (Fsp3) is 0.556. The highest BCUT2D eigenvalue weighted by atomic mass is 16.5. The van der Waals surface area contributed by atoms with Crippen molar-refractivity contribution in [3.05, 3.63) is 59.7 Å². The Bertz CT molecular complexity index is 619. The van der Waals surface area contributed by atoms with E-state index in [-0.39, 0.29) is 0 Å². The van der Waals surface area contributed by atoms with Gasteiger partial charge in [0, 0.05) is 0 Å². The van der Waals surface area contributed by atoms with Crippen molar-refractivity contribution in [3.63, 3.8) is 0 Å². The summed E-state index contributed by atoms with van der Waals surface area (Å²) in [5.74, 6) is 2.11. The molecule has 2 aromatic rings. The van der Waals surface area contributed by atoms with Gasteiger partial charge in [-0.05, 0) is 60.6 Å². The van der Waals surface area contributed by atoms with Crippen molar-refractivity contribution in [1.82, 2.24) is 0 Å². The zero-order chi connectivity index (χ0) is 21.9. The molecule has 0 aliphatic rings. The highest BCUT2D eigenvalue weighted by molar-refractivity contribution is 5.28. The second-order valence-electron chi connectivity index (χ2n) is 7.72. The molecule has 0 aliphatic carbocycles. The van der Waals surface area contributed by atoms with Crippen molar-refractivity contribution in [3.8, 4) is 11.5 Å². The van der Waals surface area contributed by atoms with Gasteiger partial charge < -0.3 is 9.84 Å². The molecule has 0 aliphatic heterocycles. The van der Waals surface area contributed by atoms with Crippen LogP contribution in [0.2, 0.25) is 0 Å². The number of benzene rings is 2. The molecule has 0 saturated carbocycles. The third-order valence-corrected chi connectivity index (χ3v) is 4.73. The summed E-state index contributed by atoms with van der Waals surface area (Å²) in [4.78, 5) is 0. The predicted molar refractivity (Wildman–Crippen MR) is 128 cm³/mol. The third kappa shape index (κ3) is 14.7. The summed E-state index contributed by atoms with van der Waals surface area (Å²) < 4.78 is 5.20. The van der Waals surface area contributed by atoms with E-state index in [0.717, 1.165) is 24.5 Å². The van der Waals surface area contributed by atoms with Crippen LogP contribution in [-0.4, -0.2) is 12.2 Å². The van der Waals surface area contributed by atoms with E-state index in [2.05, 4.69) is 58.9 Å². The molecule has 0 bridgehead atoms. The zero-order valence-electron chi connectivity index (χ0n) is 19.7. The lowest BCUT2D eigenvalue weighted by atomic mass is 9.97. The highest BCUT2D eigenvalue weighted by Crippen LogP contribution is 2.18. The number of aryl methyl sites for hydroxylation is 1. The van der Waals surface area contributed by atoms with E-state index in [1.807, 2.05) is 18.2 Å². The Morgan fingerprint density at radius 3 is 2.03 bits per heavy atom. The van der Waals surface area contributed by atoms with Crippen LogP contribution in [0.15, 0.2) is 48.5 Å². The molecule has 2 aromatic carbocycles. The van der Waals surface area contributed by atoms with Crippen molar-refractivity contribution < 1.29 is 9.84 Å². The lowest BCUT2D eigenvalue weighted by Gasteiger charge is -2.10. The van der Waals surface area contributed by atoms with E-state index in [1.165, 1.54) is 49.7 Å². The topological polar surface area (TPSA) is 29.5 Å². The molecule has 0 amide bonds. The van der Waals surface area contributed by atoms with Gasteiger partial charge in [0.25, 0.3) is 0 Å². The van der Waals surface area contributed by atoms with E-state index in [0.29, 0.717) is 5.75 Å². The lowest BCUT2D eigenvalue weighted by Crippen LogP contribution is -1.99. The summed E-state index contributed by atoms with van der Waals surface area (Å²) in [6.07, 6.45) is 9.84. The molecule has 2 rings (SSSR count). The molecule has 0 radical (unpaired) electrons. The van der Waals surface area contributed by atoms with E-state index in [9.17, 15) is 0 Å². The first-order valence-corrected chi connectivity index (χ1v) is 11.4. The highest BCUT2D eigenvalue weighted by Gasteiger charge is 2.03. The average molecular weight is 401 g/mol. The van der Waals surface area contributed by atoms with E-state index < -0.39 is 0 Å². The Hall–Kier alpha value is -1.96. The monoisotopic (exact) mass is 400 g/mol. The number of hydrogen-bond acceptors (Lipinski definition) is 2. The Kier molecular flexibility index (Phi) is 16.9. The quantitative estimate of drug-likeness (QED) is 0.459. The van der Waals surface area contributed by atoms with Crippen LogP contribution < -0.4 is 4.74 Å². The van der Waals surface area contributed by atoms with Gasteiger partial charge in [-0.25, -0.2) is 0 Å². The summed E-state index contributed by atoms with van der Waals surface area (Å²) >= 11 is 0. The fourth-order valence-electron chi connectivity index (χ4n) is 2.89. The van der Waals surface area contributed by atoms with Crippen LogP contribution in [0.1, 0.15) is 84.3 Å². The molecule has 0 heterocycles. The van der Waals surface area contributed by atoms with Gasteiger partial charge in [-0.15, -0.1) is 0 Å². The van der Waals surface area contributed by atoms with Gasteiger partial charge in [0.1, 0.15) is 11.5 Å². The molecule has 2 nitrogen and oxygen atoms in total. The predicted octanol–water partition coefficient (Wildman–Crippen LogP) is 8.22. The van der Waals surface area contributed by atoms with E-state index in [4.69, 9.17) is 9.84 Å². The first-order valence-electron chi connectivity index (χ1n) is 11.4. The van der Waals surface area contributed by atoms with Crippen LogP contribution in [0.4, 0.5) is 0 Å². The van der Waals surface area contributed by atoms with Crippen molar-refractivity contribution in [1.29, 1.82) is 0 Å². The van der Waals surface area contributed by atoms with Crippen LogP contribution in [0, 0.1) is 5.92 Å². The molecule has 2 heteroatoms. The summed E-state index contributed by atoms with van der Waals surface area (Å²) in [5.41, 5.74) is 2.61. The maximum atomic E-state index is 9.11. The number of ether oxygens (including phenoxy) is 1. The lowest BCUT2D eigenvalue weighted by molar-refractivity contribution is 0.413. The number of hydrogen-bond donors (Lipinski definition) is 1. The SMILES string of the molecule is CCCC.CCCC(C)Cc1cccc(OC)c1.CCCCc1cccc(O)c1. The normalized spacial score (nSPS) is 10.8. The molecule has 0 aromatic heterocycles. The van der Waals surface area contributed by atoms with Gasteiger partial charge in [0.15, 0.2) is 0 Å². The van der Waals surface area contributed by atoms with Gasteiger partial charge in [-0.2, -0.15) is 0 Å². The number of phenolic OH excluding ortho intramolecular Hbond substituents is 1. The summed E-state index contributed by atoms with van der Waals surface area (Å²) in [6.45, 7) is 11.1. The number of unbranched alkanes of at least 4 members (excludes halogenated alkanes) is 2. The maximum Gasteiger partial charge on any atom is 0.119 e. The van der Waals surface area contributed by atoms with Crippen molar-refractivity contribution in [2.24, 2.45) is 5.92 Å². The molecular formula is C27H44O2. The fourth-order valence-corrected chi connectivity index (χ4v) is 2.89. The van der Waals surface area contributed by atoms with Gasteiger partial charge in [-0.1, -0.05) is 91.0 Å². The molecule has 1 atom stereocenters. The van der Waals surface area contributed by atoms with Gasteiger partial charge >= 0.3 is 0 Å². The van der Waals surface area contributed by atoms with Crippen molar-refractivity contribution >= 4 is 0 Å². The number of rotatable bonds is 9. The average Bonchev–Trinajstić information content (AvgIpc) is 2.73. The van der Waals surface area contributed by atoms with Crippen LogP contribution in [0.5, 0.6) is 11.5 Å². The maximum absolute atomic E-state index is 9.11. The zero-order valence-corrected chi connectivity index (χ0v) is 19.7. The minimum atomic E-state index is 0.374. The summed E-state index contributed by atoms with van der Waals surface area (Å²) in [5, 5.41) is 9.11. The Morgan fingerprint density at radius 1 is 0.828 bits per heavy atom. The van der Waals surface area contributed by atoms with Crippen LogP contribution >= 0.6 is 0 Å². The van der Waals surface area contributed by atoms with E-state index >= 15 is 0 Å². The Morgan fingerprint density at radius 2 is 1.48 bits per heavy atom. The number of aromatic hydroxyl groups is 1. The van der Waals surface area contributed by atoms with Crippen molar-refractivity contribution in [2.75, 3.05) is 7.11 Å². The minimum absolute atomic E-state index is 0.374. The molecule has 1 unspecified atom stereocenters. The summed E-state index contributed by atoms with van der Waals surface area (Å²) in [7, 11) is 1.72. The molecular weight excluding hydrogens is 356 g/mol. The number of methoxy groups -OCH3 is 1.